The lowest BCUT2D eigenvalue weighted by Crippen LogP contribution is -2.71. The van der Waals surface area contributed by atoms with E-state index in [-0.39, 0.29) is 22.2 Å². The fourth-order valence-corrected chi connectivity index (χ4v) is 5.79. The van der Waals surface area contributed by atoms with Gasteiger partial charge in [-0.2, -0.15) is 0 Å². The smallest absolute Gasteiger partial charge is 0.352 e. The number of hydrogen-bond donors (Lipinski definition) is 3. The number of thiazole rings is 2. The van der Waals surface area contributed by atoms with Crippen LogP contribution < -0.4 is 11.1 Å². The Morgan fingerprint density at radius 3 is 2.87 bits per heavy atom. The van der Waals surface area contributed by atoms with Crippen LogP contribution in [-0.4, -0.2) is 67.7 Å². The number of nitrogens with two attached hydrogens (primary N) is 1. The fourth-order valence-electron chi connectivity index (χ4n) is 3.26. The highest BCUT2D eigenvalue weighted by atomic mass is 32.2. The number of nitrogens with zero attached hydrogens (tertiary/aromatic N) is 4. The van der Waals surface area contributed by atoms with Crippen molar-refractivity contribution in [1.82, 2.24) is 20.2 Å². The molecule has 4 rings (SSSR count). The normalized spacial score (nSPS) is 20.9. The Labute approximate surface area is 188 Å². The second kappa shape index (κ2) is 8.64. The lowest BCUT2D eigenvalue weighted by atomic mass is 10.0. The predicted molar refractivity (Wildman–Crippen MR) is 116 cm³/mol. The molecule has 0 spiro atoms. The van der Waals surface area contributed by atoms with E-state index in [9.17, 15) is 19.5 Å². The van der Waals surface area contributed by atoms with Crippen molar-refractivity contribution >= 4 is 63.1 Å². The maximum atomic E-state index is 12.8. The number of anilines is 1. The molecule has 2 aromatic heterocycles. The topological polar surface area (TPSA) is 160 Å². The predicted octanol–water partition coefficient (Wildman–Crippen LogP) is 0.514. The Kier molecular flexibility index (Phi) is 5.93. The molecule has 31 heavy (non-hydrogen) atoms. The summed E-state index contributed by atoms with van der Waals surface area (Å²) in [6.45, 7) is 0. The number of oxime groups is 1. The van der Waals surface area contributed by atoms with Crippen LogP contribution in [0.5, 0.6) is 0 Å². The first-order valence-electron chi connectivity index (χ1n) is 8.81. The summed E-state index contributed by atoms with van der Waals surface area (Å²) < 4.78 is 0. The Balaban J connectivity index is 1.53. The molecule has 162 valence electrons. The first-order chi connectivity index (χ1) is 14.9. The lowest BCUT2D eigenvalue weighted by Gasteiger charge is -2.49. The third-order valence-electron chi connectivity index (χ3n) is 4.57. The van der Waals surface area contributed by atoms with E-state index in [1.807, 2.05) is 0 Å². The zero-order chi connectivity index (χ0) is 22.1. The highest BCUT2D eigenvalue weighted by molar-refractivity contribution is 8.00. The summed E-state index contributed by atoms with van der Waals surface area (Å²) in [4.78, 5) is 52.4. The molecule has 2 aliphatic heterocycles. The van der Waals surface area contributed by atoms with E-state index in [1.165, 1.54) is 35.1 Å². The SMILES string of the molecule is CO/N=C(\C(=O)N[C@@H]1C(=O)N2C(C(=O)O)=C(Cc3cncs3)CS[C@H]12)c1csc(N)n1. The zero-order valence-electron chi connectivity index (χ0n) is 16.0. The second-order valence-electron chi connectivity index (χ2n) is 6.46. The summed E-state index contributed by atoms with van der Waals surface area (Å²) in [7, 11) is 1.28. The van der Waals surface area contributed by atoms with E-state index in [2.05, 4.69) is 20.4 Å². The maximum absolute atomic E-state index is 12.8. The van der Waals surface area contributed by atoms with Crippen molar-refractivity contribution < 1.29 is 24.3 Å². The number of amides is 2. The number of rotatable bonds is 7. The van der Waals surface area contributed by atoms with Crippen molar-refractivity contribution in [3.8, 4) is 0 Å². The Morgan fingerprint density at radius 2 is 2.26 bits per heavy atom. The van der Waals surface area contributed by atoms with Gasteiger partial charge in [0.2, 0.25) is 0 Å². The molecule has 1 saturated heterocycles. The number of β-lactam (4-membered cyclic amide) rings is 1. The summed E-state index contributed by atoms with van der Waals surface area (Å²) in [5.41, 5.74) is 7.99. The Morgan fingerprint density at radius 1 is 1.45 bits per heavy atom. The lowest BCUT2D eigenvalue weighted by molar-refractivity contribution is -0.150. The molecule has 14 heteroatoms. The van der Waals surface area contributed by atoms with E-state index < -0.39 is 29.2 Å². The molecule has 2 aliphatic rings. The van der Waals surface area contributed by atoms with Gasteiger partial charge >= 0.3 is 5.97 Å². The van der Waals surface area contributed by atoms with Crippen LogP contribution >= 0.6 is 34.4 Å². The van der Waals surface area contributed by atoms with Crippen LogP contribution in [0.4, 0.5) is 5.13 Å². The second-order valence-corrected chi connectivity index (χ2v) is 9.42. The molecule has 1 fully saturated rings. The highest BCUT2D eigenvalue weighted by Gasteiger charge is 2.54. The molecule has 0 saturated carbocycles. The molecule has 0 radical (unpaired) electrons. The van der Waals surface area contributed by atoms with Crippen molar-refractivity contribution in [2.45, 2.75) is 17.8 Å². The van der Waals surface area contributed by atoms with Crippen LogP contribution in [0.2, 0.25) is 0 Å². The molecule has 4 heterocycles. The van der Waals surface area contributed by atoms with Gasteiger partial charge in [0.15, 0.2) is 10.8 Å². The average Bonchev–Trinajstić information content (AvgIpc) is 3.41. The van der Waals surface area contributed by atoms with Gasteiger partial charge in [-0.15, -0.1) is 34.4 Å². The van der Waals surface area contributed by atoms with Gasteiger partial charge in [-0.25, -0.2) is 9.78 Å². The Hall–Kier alpha value is -2.97. The number of nitrogens with one attached hydrogen (secondary N) is 1. The standard InChI is InChI=1S/C17H16N6O5S3/c1-28-22-10(9-5-30-17(18)20-9)13(24)21-11-14(25)23-12(16(26)27)7(4-29-15(11)23)2-8-3-19-6-31-8/h3,5-6,11,15H,2,4H2,1H3,(H2,18,20)(H,21,24)(H,26,27)/b22-10-/t11-,15-/m1/s1. The van der Waals surface area contributed by atoms with Crippen LogP contribution in [-0.2, 0) is 25.6 Å². The van der Waals surface area contributed by atoms with Gasteiger partial charge in [-0.05, 0) is 5.57 Å². The van der Waals surface area contributed by atoms with Gasteiger partial charge in [-0.1, -0.05) is 5.16 Å². The fraction of sp³-hybridized carbons (Fsp3) is 0.294. The summed E-state index contributed by atoms with van der Waals surface area (Å²) in [5.74, 6) is -1.92. The number of fused-ring (bicyclic) bond motifs is 1. The van der Waals surface area contributed by atoms with E-state index in [0.717, 1.165) is 16.2 Å². The largest absolute Gasteiger partial charge is 0.477 e. The third-order valence-corrected chi connectivity index (χ3v) is 7.36. The van der Waals surface area contributed by atoms with Gasteiger partial charge in [0, 0.05) is 28.6 Å². The minimum atomic E-state index is -1.18. The first kappa shape index (κ1) is 21.3. The van der Waals surface area contributed by atoms with Crippen molar-refractivity contribution in [2.75, 3.05) is 18.6 Å². The van der Waals surface area contributed by atoms with Gasteiger partial charge in [0.1, 0.15) is 29.9 Å². The quantitative estimate of drug-likeness (QED) is 0.291. The minimum Gasteiger partial charge on any atom is -0.477 e. The van der Waals surface area contributed by atoms with Crippen LogP contribution in [0.1, 0.15) is 10.6 Å². The Bertz CT molecular complexity index is 1100. The molecular weight excluding hydrogens is 464 g/mol. The number of thioether (sulfide) groups is 1. The molecule has 4 N–H and O–H groups in total. The molecule has 0 aromatic carbocycles. The van der Waals surface area contributed by atoms with Crippen LogP contribution in [0.3, 0.4) is 0 Å². The number of carbonyl (C=O) groups excluding carboxylic acids is 2. The number of carbonyl (C=O) groups is 3. The van der Waals surface area contributed by atoms with E-state index >= 15 is 0 Å². The van der Waals surface area contributed by atoms with Gasteiger partial charge in [0.25, 0.3) is 11.8 Å². The van der Waals surface area contributed by atoms with Crippen molar-refractivity contribution in [1.29, 1.82) is 0 Å². The number of aliphatic carboxylic acids is 1. The van der Waals surface area contributed by atoms with Gasteiger partial charge < -0.3 is 21.0 Å². The van der Waals surface area contributed by atoms with E-state index in [0.29, 0.717) is 17.7 Å². The molecule has 0 bridgehead atoms. The molecule has 2 amide bonds. The molecule has 0 aliphatic carbocycles. The monoisotopic (exact) mass is 480 g/mol. The first-order valence-corrected chi connectivity index (χ1v) is 11.6. The third kappa shape index (κ3) is 4.00. The summed E-state index contributed by atoms with van der Waals surface area (Å²) >= 11 is 3.95. The number of hydrogen-bond acceptors (Lipinski definition) is 11. The van der Waals surface area contributed by atoms with Crippen molar-refractivity contribution in [3.05, 3.63) is 38.9 Å². The van der Waals surface area contributed by atoms with Crippen LogP contribution in [0.15, 0.2) is 33.5 Å². The number of carboxylic acids is 1. The van der Waals surface area contributed by atoms with Crippen molar-refractivity contribution in [3.63, 3.8) is 0 Å². The highest BCUT2D eigenvalue weighted by Crippen LogP contribution is 2.41. The van der Waals surface area contributed by atoms with Gasteiger partial charge in [0.05, 0.1) is 5.51 Å². The molecule has 2 atom stereocenters. The van der Waals surface area contributed by atoms with E-state index in [4.69, 9.17) is 10.6 Å². The number of carboxylic acid groups (broad SMARTS) is 1. The van der Waals surface area contributed by atoms with E-state index in [1.54, 1.807) is 17.1 Å². The van der Waals surface area contributed by atoms with Crippen molar-refractivity contribution in [2.24, 2.45) is 5.16 Å². The van der Waals surface area contributed by atoms with Crippen LogP contribution in [0.25, 0.3) is 0 Å². The summed E-state index contributed by atoms with van der Waals surface area (Å²) in [6, 6.07) is -0.894. The maximum Gasteiger partial charge on any atom is 0.352 e. The zero-order valence-corrected chi connectivity index (χ0v) is 18.4. The molecule has 0 unspecified atom stereocenters. The minimum absolute atomic E-state index is 0.0364. The van der Waals surface area contributed by atoms with Gasteiger partial charge in [-0.3, -0.25) is 19.5 Å². The molecule has 2 aromatic rings. The average molecular weight is 481 g/mol. The summed E-state index contributed by atoms with van der Waals surface area (Å²) in [6.07, 6.45) is 2.08. The molecular formula is C17H16N6O5S3. The van der Waals surface area contributed by atoms with Crippen LogP contribution in [0, 0.1) is 0 Å². The number of nitrogen functional groups attached to an aromatic ring is 1. The molecule has 11 nitrogen and oxygen atoms in total. The summed E-state index contributed by atoms with van der Waals surface area (Å²) in [5, 5.41) is 17.3. The number of aromatic nitrogens is 2.